The van der Waals surface area contributed by atoms with Crippen LogP contribution in [-0.2, 0) is 13.9 Å². The summed E-state index contributed by atoms with van der Waals surface area (Å²) >= 11 is 0. The van der Waals surface area contributed by atoms with E-state index >= 15 is 0 Å². The Morgan fingerprint density at radius 1 is 1.75 bits per heavy atom. The molecule has 1 N–H and O–H groups in total. The second kappa shape index (κ2) is 5.83. The summed E-state index contributed by atoms with van der Waals surface area (Å²) in [5.41, 5.74) is 0.180. The van der Waals surface area contributed by atoms with E-state index < -0.39 is 14.2 Å². The lowest BCUT2D eigenvalue weighted by Gasteiger charge is -1.91. The van der Waals surface area contributed by atoms with Gasteiger partial charge in [-0.25, -0.2) is 4.79 Å². The highest BCUT2D eigenvalue weighted by atomic mass is 31.1. The first-order valence-electron chi connectivity index (χ1n) is 3.21. The lowest BCUT2D eigenvalue weighted by molar-refractivity contribution is -0.185. The van der Waals surface area contributed by atoms with Gasteiger partial charge in [-0.2, -0.15) is 0 Å². The average Bonchev–Trinajstić information content (AvgIpc) is 1.97. The highest BCUT2D eigenvalue weighted by Gasteiger charge is 2.01. The van der Waals surface area contributed by atoms with Crippen LogP contribution >= 0.6 is 8.25 Å². The molecule has 0 fully saturated rings. The van der Waals surface area contributed by atoms with Gasteiger partial charge < -0.3 is 10.00 Å². The molecule has 6 heteroatoms. The van der Waals surface area contributed by atoms with Crippen LogP contribution in [0.5, 0.6) is 0 Å². The van der Waals surface area contributed by atoms with Crippen molar-refractivity contribution >= 4 is 14.2 Å². The number of rotatable bonds is 5. The maximum Gasteiger partial charge on any atom is 0.488 e. The fraction of sp³-hybridized carbons (Fsp3) is 0.500. The molecule has 0 aromatic carbocycles. The van der Waals surface area contributed by atoms with Crippen molar-refractivity contribution in [3.05, 3.63) is 11.6 Å². The highest BCUT2D eigenvalue weighted by Crippen LogP contribution is 2.09. The minimum absolute atomic E-state index is 0.0106. The van der Waals surface area contributed by atoms with Gasteiger partial charge in [0.05, 0.1) is 0 Å². The quantitative estimate of drug-likeness (QED) is 0.388. The first-order valence-corrected chi connectivity index (χ1v) is 4.31. The molecule has 0 rings (SSSR count). The van der Waals surface area contributed by atoms with Crippen LogP contribution in [-0.4, -0.2) is 17.7 Å². The summed E-state index contributed by atoms with van der Waals surface area (Å²) in [6.45, 7) is 1.42. The van der Waals surface area contributed by atoms with E-state index in [9.17, 15) is 14.3 Å². The molecule has 0 aliphatic rings. The van der Waals surface area contributed by atoms with E-state index in [1.807, 2.05) is 0 Å². The SMILES string of the molecule is CC(=CCCO[P+](=O)[O-])C(=O)O. The Bertz CT molecular complexity index is 210. The molecule has 0 spiro atoms. The number of hydrogen-bond acceptors (Lipinski definition) is 4. The van der Waals surface area contributed by atoms with E-state index in [2.05, 4.69) is 4.52 Å². The number of carboxylic acids is 1. The number of hydrogen-bond donors (Lipinski definition) is 1. The molecule has 5 nitrogen and oxygen atoms in total. The Labute approximate surface area is 70.6 Å². The fourth-order valence-electron chi connectivity index (χ4n) is 0.490. The summed E-state index contributed by atoms with van der Waals surface area (Å²) in [4.78, 5) is 20.1. The third-order valence-electron chi connectivity index (χ3n) is 1.10. The summed E-state index contributed by atoms with van der Waals surface area (Å²) in [6, 6.07) is 0. The molecule has 0 amide bonds. The Balaban J connectivity index is 3.60. The minimum atomic E-state index is -2.82. The van der Waals surface area contributed by atoms with Crippen molar-refractivity contribution in [2.24, 2.45) is 0 Å². The summed E-state index contributed by atoms with van der Waals surface area (Å²) < 4.78 is 14.0. The van der Waals surface area contributed by atoms with Gasteiger partial charge in [-0.05, 0) is 17.9 Å². The molecule has 0 aliphatic carbocycles. The summed E-state index contributed by atoms with van der Waals surface area (Å²) in [7, 11) is -2.82. The zero-order chi connectivity index (χ0) is 9.56. The van der Waals surface area contributed by atoms with Crippen molar-refractivity contribution in [3.8, 4) is 0 Å². The van der Waals surface area contributed by atoms with Crippen LogP contribution in [0.1, 0.15) is 13.3 Å². The van der Waals surface area contributed by atoms with Gasteiger partial charge in [0.1, 0.15) is 6.61 Å². The molecule has 0 heterocycles. The molecule has 1 unspecified atom stereocenters. The zero-order valence-corrected chi connectivity index (χ0v) is 7.41. The first-order chi connectivity index (χ1) is 5.54. The van der Waals surface area contributed by atoms with E-state index in [0.717, 1.165) is 0 Å². The predicted molar refractivity (Wildman–Crippen MR) is 39.6 cm³/mol. The Morgan fingerprint density at radius 2 is 2.33 bits per heavy atom. The van der Waals surface area contributed by atoms with Crippen LogP contribution in [0.4, 0.5) is 0 Å². The molecule has 68 valence electrons. The molecule has 0 aromatic rings. The third-order valence-corrected chi connectivity index (χ3v) is 1.50. The van der Waals surface area contributed by atoms with E-state index in [-0.39, 0.29) is 18.6 Å². The van der Waals surface area contributed by atoms with Gasteiger partial charge in [0.15, 0.2) is 0 Å². The molecular formula is C6H9O5P. The molecule has 0 radical (unpaired) electrons. The van der Waals surface area contributed by atoms with Gasteiger partial charge in [0.2, 0.25) is 0 Å². The molecule has 12 heavy (non-hydrogen) atoms. The third kappa shape index (κ3) is 5.97. The van der Waals surface area contributed by atoms with Gasteiger partial charge in [-0.3, -0.25) is 0 Å². The summed E-state index contributed by atoms with van der Waals surface area (Å²) in [5.74, 6) is -1.01. The largest absolute Gasteiger partial charge is 0.566 e. The van der Waals surface area contributed by atoms with Crippen LogP contribution in [0.15, 0.2) is 11.6 Å². The monoisotopic (exact) mass is 192 g/mol. The Kier molecular flexibility index (Phi) is 5.45. The average molecular weight is 192 g/mol. The van der Waals surface area contributed by atoms with Gasteiger partial charge in [-0.15, -0.1) is 4.52 Å². The first kappa shape index (κ1) is 11.2. The van der Waals surface area contributed by atoms with Crippen molar-refractivity contribution in [3.63, 3.8) is 0 Å². The van der Waals surface area contributed by atoms with Crippen molar-refractivity contribution in [1.29, 1.82) is 0 Å². The lowest BCUT2D eigenvalue weighted by atomic mass is 10.2. The highest BCUT2D eigenvalue weighted by molar-refractivity contribution is 7.30. The summed E-state index contributed by atoms with van der Waals surface area (Å²) in [5, 5.41) is 8.36. The molecule has 0 saturated heterocycles. The van der Waals surface area contributed by atoms with Crippen molar-refractivity contribution in [1.82, 2.24) is 0 Å². The topological polar surface area (TPSA) is 86.7 Å². The predicted octanol–water partition coefficient (Wildman–Crippen LogP) is 0.442. The maximum atomic E-state index is 10.2. The lowest BCUT2D eigenvalue weighted by Crippen LogP contribution is -1.97. The van der Waals surface area contributed by atoms with Crippen LogP contribution in [0.25, 0.3) is 0 Å². The van der Waals surface area contributed by atoms with Gasteiger partial charge in [0, 0.05) is 5.57 Å². The van der Waals surface area contributed by atoms with Gasteiger partial charge >= 0.3 is 14.2 Å². The van der Waals surface area contributed by atoms with E-state index in [1.54, 1.807) is 0 Å². The fourth-order valence-corrected chi connectivity index (χ4v) is 0.744. The molecule has 0 bridgehead atoms. The molecule has 0 saturated carbocycles. The van der Waals surface area contributed by atoms with E-state index in [0.29, 0.717) is 0 Å². The Hall–Kier alpha value is -0.770. The normalized spacial score (nSPS) is 12.8. The maximum absolute atomic E-state index is 10.2. The second-order valence-electron chi connectivity index (χ2n) is 2.04. The van der Waals surface area contributed by atoms with E-state index in [4.69, 9.17) is 5.11 Å². The van der Waals surface area contributed by atoms with Gasteiger partial charge in [-0.1, -0.05) is 6.08 Å². The number of aliphatic carboxylic acids is 1. The number of carboxylic acid groups (broad SMARTS) is 1. The van der Waals surface area contributed by atoms with Crippen LogP contribution in [0.2, 0.25) is 0 Å². The number of carbonyl (C=O) groups is 1. The van der Waals surface area contributed by atoms with Crippen LogP contribution in [0, 0.1) is 0 Å². The smallest absolute Gasteiger partial charge is 0.488 e. The standard InChI is InChI=1S/C6H9O5P/c1-5(6(7)8)3-2-4-11-12(9)10/h3H,2,4H2,1H3,(H,7,8). The van der Waals surface area contributed by atoms with Gasteiger partial charge in [0.25, 0.3) is 0 Å². The van der Waals surface area contributed by atoms with Crippen molar-refractivity contribution in [2.75, 3.05) is 6.61 Å². The zero-order valence-electron chi connectivity index (χ0n) is 6.52. The summed E-state index contributed by atoms with van der Waals surface area (Å²) in [6.07, 6.45) is 1.68. The minimum Gasteiger partial charge on any atom is -0.566 e. The van der Waals surface area contributed by atoms with Crippen molar-refractivity contribution in [2.45, 2.75) is 13.3 Å². The molecule has 0 aromatic heterocycles. The molecule has 1 atom stereocenters. The van der Waals surface area contributed by atoms with Crippen LogP contribution in [0.3, 0.4) is 0 Å². The second-order valence-corrected chi connectivity index (χ2v) is 2.74. The van der Waals surface area contributed by atoms with Crippen molar-refractivity contribution < 1.29 is 23.9 Å². The molecule has 0 aliphatic heterocycles. The van der Waals surface area contributed by atoms with Crippen LogP contribution < -0.4 is 4.89 Å². The molecular weight excluding hydrogens is 183 g/mol. The van der Waals surface area contributed by atoms with E-state index in [1.165, 1.54) is 13.0 Å². The Morgan fingerprint density at radius 3 is 2.75 bits per heavy atom.